The van der Waals surface area contributed by atoms with E-state index in [2.05, 4.69) is 11.2 Å². The minimum atomic E-state index is -0.517. The predicted octanol–water partition coefficient (Wildman–Crippen LogP) is 2.83. The average molecular weight is 379 g/mol. The first-order chi connectivity index (χ1) is 13.5. The van der Waals surface area contributed by atoms with Gasteiger partial charge in [-0.1, -0.05) is 29.4 Å². The Morgan fingerprint density at radius 3 is 2.82 bits per heavy atom. The molecule has 1 aromatic carbocycles. The Kier molecular flexibility index (Phi) is 5.13. The van der Waals surface area contributed by atoms with Crippen LogP contribution in [0.25, 0.3) is 10.9 Å². The van der Waals surface area contributed by atoms with Gasteiger partial charge in [-0.05, 0) is 38.8 Å². The Balaban J connectivity index is 1.37. The van der Waals surface area contributed by atoms with E-state index < -0.39 is 6.10 Å². The van der Waals surface area contributed by atoms with Gasteiger partial charge in [0.05, 0.1) is 17.3 Å². The fraction of sp³-hybridized carbons (Fsp3) is 0.409. The SMILES string of the molecule is Cc1noc(C)c1CCC(=O)N1C[C@@H](Cc2ccc3ccccc3n2)[C@H](O)C1. The summed E-state index contributed by atoms with van der Waals surface area (Å²) in [6, 6.07) is 12.1. The van der Waals surface area contributed by atoms with Crippen LogP contribution in [-0.4, -0.2) is 45.2 Å². The summed E-state index contributed by atoms with van der Waals surface area (Å²) in [4.78, 5) is 19.1. The number of fused-ring (bicyclic) bond motifs is 1. The molecule has 28 heavy (non-hydrogen) atoms. The number of aliphatic hydroxyl groups is 1. The number of amides is 1. The predicted molar refractivity (Wildman–Crippen MR) is 106 cm³/mol. The lowest BCUT2D eigenvalue weighted by Gasteiger charge is -2.16. The number of aryl methyl sites for hydroxylation is 2. The van der Waals surface area contributed by atoms with Crippen molar-refractivity contribution in [1.29, 1.82) is 0 Å². The molecule has 3 aromatic rings. The van der Waals surface area contributed by atoms with Crippen molar-refractivity contribution in [2.24, 2.45) is 5.92 Å². The highest BCUT2D eigenvalue weighted by Crippen LogP contribution is 2.24. The Morgan fingerprint density at radius 1 is 1.21 bits per heavy atom. The lowest BCUT2D eigenvalue weighted by molar-refractivity contribution is -0.130. The molecule has 1 saturated heterocycles. The molecule has 0 spiro atoms. The molecule has 1 amide bonds. The topological polar surface area (TPSA) is 79.5 Å². The third-order valence-corrected chi connectivity index (χ3v) is 5.66. The smallest absolute Gasteiger partial charge is 0.223 e. The van der Waals surface area contributed by atoms with E-state index in [1.807, 2.05) is 44.2 Å². The number of β-amino-alcohol motifs (C(OH)–C–C–N with tert-alkyl or cyclic N) is 1. The summed E-state index contributed by atoms with van der Waals surface area (Å²) in [5, 5.41) is 15.5. The van der Waals surface area contributed by atoms with E-state index in [1.165, 1.54) is 0 Å². The van der Waals surface area contributed by atoms with Crippen LogP contribution in [0.3, 0.4) is 0 Å². The van der Waals surface area contributed by atoms with E-state index in [4.69, 9.17) is 9.51 Å². The normalized spacial score (nSPS) is 19.5. The second-order valence-electron chi connectivity index (χ2n) is 7.63. The Labute approximate surface area is 164 Å². The molecule has 0 aliphatic carbocycles. The van der Waals surface area contributed by atoms with Gasteiger partial charge in [0.2, 0.25) is 5.91 Å². The van der Waals surface area contributed by atoms with Gasteiger partial charge >= 0.3 is 0 Å². The summed E-state index contributed by atoms with van der Waals surface area (Å²) in [7, 11) is 0. The number of aromatic nitrogens is 2. The van der Waals surface area contributed by atoms with Crippen LogP contribution >= 0.6 is 0 Å². The van der Waals surface area contributed by atoms with Crippen LogP contribution in [0, 0.1) is 19.8 Å². The van der Waals surface area contributed by atoms with E-state index in [9.17, 15) is 9.90 Å². The summed E-state index contributed by atoms with van der Waals surface area (Å²) in [5.74, 6) is 0.844. The van der Waals surface area contributed by atoms with Crippen molar-refractivity contribution in [3.63, 3.8) is 0 Å². The van der Waals surface area contributed by atoms with Crippen LogP contribution in [0.15, 0.2) is 40.9 Å². The molecule has 6 heteroatoms. The number of hydrogen-bond donors (Lipinski definition) is 1. The van der Waals surface area contributed by atoms with Crippen LogP contribution in [0.1, 0.15) is 29.1 Å². The maximum atomic E-state index is 12.6. The van der Waals surface area contributed by atoms with Crippen molar-refractivity contribution in [2.45, 2.75) is 39.2 Å². The first-order valence-corrected chi connectivity index (χ1v) is 9.73. The van der Waals surface area contributed by atoms with Gasteiger partial charge in [-0.25, -0.2) is 0 Å². The third kappa shape index (κ3) is 3.78. The highest BCUT2D eigenvalue weighted by atomic mass is 16.5. The number of nitrogens with zero attached hydrogens (tertiary/aromatic N) is 3. The Bertz CT molecular complexity index is 978. The van der Waals surface area contributed by atoms with Crippen molar-refractivity contribution in [3.05, 3.63) is 59.1 Å². The zero-order valence-corrected chi connectivity index (χ0v) is 16.3. The van der Waals surface area contributed by atoms with Gasteiger partial charge in [0.25, 0.3) is 0 Å². The minimum Gasteiger partial charge on any atom is -0.391 e. The maximum absolute atomic E-state index is 12.6. The molecule has 0 unspecified atom stereocenters. The molecule has 1 aliphatic heterocycles. The third-order valence-electron chi connectivity index (χ3n) is 5.66. The maximum Gasteiger partial charge on any atom is 0.223 e. The number of carbonyl (C=O) groups is 1. The number of aliphatic hydroxyl groups excluding tert-OH is 1. The van der Waals surface area contributed by atoms with Crippen molar-refractivity contribution < 1.29 is 14.4 Å². The second-order valence-corrected chi connectivity index (χ2v) is 7.63. The van der Waals surface area contributed by atoms with Crippen molar-refractivity contribution in [2.75, 3.05) is 13.1 Å². The molecule has 0 saturated carbocycles. The van der Waals surface area contributed by atoms with Gasteiger partial charge in [0.1, 0.15) is 5.76 Å². The average Bonchev–Trinajstić information content (AvgIpc) is 3.22. The fourth-order valence-corrected chi connectivity index (χ4v) is 4.00. The van der Waals surface area contributed by atoms with Crippen LogP contribution in [0.5, 0.6) is 0 Å². The summed E-state index contributed by atoms with van der Waals surface area (Å²) in [5.41, 5.74) is 3.75. The fourth-order valence-electron chi connectivity index (χ4n) is 4.00. The monoisotopic (exact) mass is 379 g/mol. The number of hydrogen-bond acceptors (Lipinski definition) is 5. The summed E-state index contributed by atoms with van der Waals surface area (Å²) in [6.07, 6.45) is 1.16. The van der Waals surface area contributed by atoms with E-state index in [0.29, 0.717) is 32.4 Å². The zero-order valence-electron chi connectivity index (χ0n) is 16.3. The Morgan fingerprint density at radius 2 is 2.04 bits per heavy atom. The highest BCUT2D eigenvalue weighted by Gasteiger charge is 2.34. The lowest BCUT2D eigenvalue weighted by Crippen LogP contribution is -2.29. The molecule has 3 heterocycles. The molecule has 6 nitrogen and oxygen atoms in total. The van der Waals surface area contributed by atoms with E-state index >= 15 is 0 Å². The molecule has 2 atom stereocenters. The van der Waals surface area contributed by atoms with E-state index in [-0.39, 0.29) is 11.8 Å². The van der Waals surface area contributed by atoms with Crippen LogP contribution in [0.2, 0.25) is 0 Å². The molecule has 1 aliphatic rings. The largest absolute Gasteiger partial charge is 0.391 e. The standard InChI is InChI=1S/C22H25N3O3/c1-14-19(15(2)28-24-14)9-10-22(27)25-12-17(21(26)13-25)11-18-8-7-16-5-3-4-6-20(16)23-18/h3-8,17,21,26H,9-13H2,1-2H3/t17-,21-/m1/s1. The number of benzene rings is 1. The van der Waals surface area contributed by atoms with Gasteiger partial charge in [-0.15, -0.1) is 0 Å². The van der Waals surface area contributed by atoms with Gasteiger partial charge in [-0.3, -0.25) is 9.78 Å². The number of likely N-dealkylation sites (tertiary alicyclic amines) is 1. The molecule has 0 bridgehead atoms. The summed E-state index contributed by atoms with van der Waals surface area (Å²) < 4.78 is 5.16. The van der Waals surface area contributed by atoms with Crippen LogP contribution in [0.4, 0.5) is 0 Å². The van der Waals surface area contributed by atoms with Gasteiger partial charge in [0, 0.05) is 42.1 Å². The molecular formula is C22H25N3O3. The molecular weight excluding hydrogens is 354 g/mol. The number of para-hydroxylation sites is 1. The van der Waals surface area contributed by atoms with Gasteiger partial charge in [-0.2, -0.15) is 0 Å². The molecule has 2 aromatic heterocycles. The number of carbonyl (C=O) groups excluding carboxylic acids is 1. The minimum absolute atomic E-state index is 0.0108. The molecule has 1 fully saturated rings. The van der Waals surface area contributed by atoms with Crippen molar-refractivity contribution >= 4 is 16.8 Å². The van der Waals surface area contributed by atoms with Crippen LogP contribution < -0.4 is 0 Å². The Hall–Kier alpha value is -2.73. The number of rotatable bonds is 5. The van der Waals surface area contributed by atoms with Gasteiger partial charge in [0.15, 0.2) is 0 Å². The molecule has 1 N–H and O–H groups in total. The van der Waals surface area contributed by atoms with E-state index in [1.54, 1.807) is 4.90 Å². The quantitative estimate of drug-likeness (QED) is 0.737. The van der Waals surface area contributed by atoms with Crippen LogP contribution in [-0.2, 0) is 17.6 Å². The molecule has 4 rings (SSSR count). The number of pyridine rings is 1. The zero-order chi connectivity index (χ0) is 19.7. The van der Waals surface area contributed by atoms with E-state index in [0.717, 1.165) is 33.6 Å². The second kappa shape index (κ2) is 7.72. The molecule has 0 radical (unpaired) electrons. The van der Waals surface area contributed by atoms with Gasteiger partial charge < -0.3 is 14.5 Å². The summed E-state index contributed by atoms with van der Waals surface area (Å²) >= 11 is 0. The highest BCUT2D eigenvalue weighted by molar-refractivity contribution is 5.78. The van der Waals surface area contributed by atoms with Crippen molar-refractivity contribution in [3.8, 4) is 0 Å². The van der Waals surface area contributed by atoms with Crippen molar-refractivity contribution in [1.82, 2.24) is 15.0 Å². The summed E-state index contributed by atoms with van der Waals surface area (Å²) in [6.45, 7) is 4.71. The lowest BCUT2D eigenvalue weighted by atomic mass is 9.99. The first kappa shape index (κ1) is 18.6. The first-order valence-electron chi connectivity index (χ1n) is 9.73. The molecule has 146 valence electrons.